The van der Waals surface area contributed by atoms with Gasteiger partial charge in [-0.3, -0.25) is 4.90 Å². The standard InChI is InChI=1S/C18H28N2O/c1-2-17-6-4-10-20(17)11-12-21-18-7-3-5-15(13-18)14-19-16-8-9-16/h3,5,7,13,16-17,19H,2,4,6,8-12,14H2,1H3. The van der Waals surface area contributed by atoms with Gasteiger partial charge in [-0.25, -0.2) is 0 Å². The van der Waals surface area contributed by atoms with Crippen molar-refractivity contribution >= 4 is 0 Å². The second-order valence-corrected chi connectivity index (χ2v) is 6.39. The number of hydrogen-bond acceptors (Lipinski definition) is 3. The molecule has 2 fully saturated rings. The maximum absolute atomic E-state index is 5.95. The summed E-state index contributed by atoms with van der Waals surface area (Å²) in [6, 6.07) is 10.1. The summed E-state index contributed by atoms with van der Waals surface area (Å²) in [5, 5.41) is 3.55. The smallest absolute Gasteiger partial charge is 0.119 e. The van der Waals surface area contributed by atoms with Crippen molar-refractivity contribution in [2.75, 3.05) is 19.7 Å². The lowest BCUT2D eigenvalue weighted by atomic mass is 10.2. The summed E-state index contributed by atoms with van der Waals surface area (Å²) in [6.45, 7) is 6.36. The topological polar surface area (TPSA) is 24.5 Å². The number of benzene rings is 1. The molecule has 1 heterocycles. The molecule has 0 spiro atoms. The lowest BCUT2D eigenvalue weighted by Gasteiger charge is -2.23. The number of rotatable bonds is 8. The normalized spacial score (nSPS) is 22.6. The van der Waals surface area contributed by atoms with Gasteiger partial charge in [0, 0.05) is 25.2 Å². The predicted octanol–water partition coefficient (Wildman–Crippen LogP) is 3.19. The largest absolute Gasteiger partial charge is 0.492 e. The van der Waals surface area contributed by atoms with E-state index in [1.165, 1.54) is 44.2 Å². The summed E-state index contributed by atoms with van der Waals surface area (Å²) in [7, 11) is 0. The van der Waals surface area contributed by atoms with Crippen molar-refractivity contribution in [1.82, 2.24) is 10.2 Å². The molecule has 1 N–H and O–H groups in total. The van der Waals surface area contributed by atoms with Crippen LogP contribution < -0.4 is 10.1 Å². The van der Waals surface area contributed by atoms with E-state index in [2.05, 4.69) is 41.4 Å². The second-order valence-electron chi connectivity index (χ2n) is 6.39. The molecule has 0 radical (unpaired) electrons. The summed E-state index contributed by atoms with van der Waals surface area (Å²) in [6.07, 6.45) is 6.65. The maximum atomic E-state index is 5.95. The Morgan fingerprint density at radius 3 is 3.00 bits per heavy atom. The van der Waals surface area contributed by atoms with Crippen molar-refractivity contribution < 1.29 is 4.74 Å². The highest BCUT2D eigenvalue weighted by atomic mass is 16.5. The van der Waals surface area contributed by atoms with Crippen LogP contribution >= 0.6 is 0 Å². The molecule has 3 rings (SSSR count). The fourth-order valence-corrected chi connectivity index (χ4v) is 3.23. The highest BCUT2D eigenvalue weighted by molar-refractivity contribution is 5.28. The van der Waals surface area contributed by atoms with Gasteiger partial charge in [0.25, 0.3) is 0 Å². The summed E-state index contributed by atoms with van der Waals surface area (Å²) in [4.78, 5) is 2.58. The maximum Gasteiger partial charge on any atom is 0.119 e. The Bertz CT molecular complexity index is 445. The van der Waals surface area contributed by atoms with E-state index >= 15 is 0 Å². The monoisotopic (exact) mass is 288 g/mol. The van der Waals surface area contributed by atoms with Gasteiger partial charge in [0.2, 0.25) is 0 Å². The molecule has 1 unspecified atom stereocenters. The number of nitrogens with zero attached hydrogens (tertiary/aromatic N) is 1. The number of hydrogen-bond donors (Lipinski definition) is 1. The molecule has 1 saturated carbocycles. The molecular weight excluding hydrogens is 260 g/mol. The van der Waals surface area contributed by atoms with Crippen LogP contribution in [0.15, 0.2) is 24.3 Å². The average Bonchev–Trinajstić information content (AvgIpc) is 3.23. The molecule has 1 saturated heterocycles. The molecule has 3 heteroatoms. The third-order valence-corrected chi connectivity index (χ3v) is 4.69. The zero-order valence-corrected chi connectivity index (χ0v) is 13.2. The van der Waals surface area contributed by atoms with Crippen molar-refractivity contribution in [2.45, 2.75) is 57.7 Å². The molecule has 0 aromatic heterocycles. The minimum atomic E-state index is 0.760. The first-order valence-electron chi connectivity index (χ1n) is 8.54. The minimum absolute atomic E-state index is 0.760. The Hall–Kier alpha value is -1.06. The second kappa shape index (κ2) is 7.28. The summed E-state index contributed by atoms with van der Waals surface area (Å²) in [5.41, 5.74) is 1.33. The van der Waals surface area contributed by atoms with Crippen LogP contribution in [0.2, 0.25) is 0 Å². The average molecular weight is 288 g/mol. The van der Waals surface area contributed by atoms with E-state index in [0.29, 0.717) is 0 Å². The van der Waals surface area contributed by atoms with E-state index in [0.717, 1.165) is 37.5 Å². The molecule has 0 amide bonds. The van der Waals surface area contributed by atoms with Crippen molar-refractivity contribution in [3.05, 3.63) is 29.8 Å². The number of nitrogens with one attached hydrogen (secondary N) is 1. The minimum Gasteiger partial charge on any atom is -0.492 e. The van der Waals surface area contributed by atoms with E-state index in [4.69, 9.17) is 4.74 Å². The third kappa shape index (κ3) is 4.45. The zero-order chi connectivity index (χ0) is 14.5. The molecular formula is C18H28N2O. The lowest BCUT2D eigenvalue weighted by molar-refractivity contribution is 0.193. The zero-order valence-electron chi connectivity index (χ0n) is 13.2. The first kappa shape index (κ1) is 14.9. The fourth-order valence-electron chi connectivity index (χ4n) is 3.23. The Labute approximate surface area is 128 Å². The highest BCUT2D eigenvalue weighted by Crippen LogP contribution is 2.21. The molecule has 1 atom stereocenters. The van der Waals surface area contributed by atoms with E-state index < -0.39 is 0 Å². The van der Waals surface area contributed by atoms with E-state index in [-0.39, 0.29) is 0 Å². The van der Waals surface area contributed by atoms with Gasteiger partial charge in [-0.2, -0.15) is 0 Å². The van der Waals surface area contributed by atoms with Gasteiger partial charge in [0.15, 0.2) is 0 Å². The summed E-state index contributed by atoms with van der Waals surface area (Å²) in [5.74, 6) is 1.01. The Balaban J connectivity index is 1.42. The van der Waals surface area contributed by atoms with Gasteiger partial charge in [-0.1, -0.05) is 19.1 Å². The van der Waals surface area contributed by atoms with Crippen LogP contribution in [0.3, 0.4) is 0 Å². The van der Waals surface area contributed by atoms with E-state index in [1.807, 2.05) is 0 Å². The molecule has 1 aliphatic heterocycles. The van der Waals surface area contributed by atoms with Crippen LogP contribution in [0.25, 0.3) is 0 Å². The van der Waals surface area contributed by atoms with Crippen molar-refractivity contribution in [3.8, 4) is 5.75 Å². The predicted molar refractivity (Wildman–Crippen MR) is 86.7 cm³/mol. The Kier molecular flexibility index (Phi) is 5.15. The van der Waals surface area contributed by atoms with Crippen molar-refractivity contribution in [3.63, 3.8) is 0 Å². The van der Waals surface area contributed by atoms with Crippen LogP contribution in [0.5, 0.6) is 5.75 Å². The molecule has 1 aromatic rings. The molecule has 1 aromatic carbocycles. The molecule has 0 bridgehead atoms. The summed E-state index contributed by atoms with van der Waals surface area (Å²) < 4.78 is 5.95. The number of ether oxygens (including phenoxy) is 1. The molecule has 1 aliphatic carbocycles. The van der Waals surface area contributed by atoms with Crippen LogP contribution in [0.1, 0.15) is 44.6 Å². The Morgan fingerprint density at radius 2 is 2.19 bits per heavy atom. The van der Waals surface area contributed by atoms with Crippen LogP contribution in [0.4, 0.5) is 0 Å². The van der Waals surface area contributed by atoms with Gasteiger partial charge in [0.05, 0.1) is 0 Å². The first-order chi connectivity index (χ1) is 10.3. The van der Waals surface area contributed by atoms with Crippen LogP contribution in [-0.4, -0.2) is 36.7 Å². The Morgan fingerprint density at radius 1 is 1.29 bits per heavy atom. The third-order valence-electron chi connectivity index (χ3n) is 4.69. The quantitative estimate of drug-likeness (QED) is 0.795. The first-order valence-corrected chi connectivity index (χ1v) is 8.54. The van der Waals surface area contributed by atoms with Gasteiger partial charge in [0.1, 0.15) is 12.4 Å². The molecule has 3 nitrogen and oxygen atoms in total. The fraction of sp³-hybridized carbons (Fsp3) is 0.667. The molecule has 2 aliphatic rings. The van der Waals surface area contributed by atoms with Crippen molar-refractivity contribution in [2.24, 2.45) is 0 Å². The van der Waals surface area contributed by atoms with Gasteiger partial charge >= 0.3 is 0 Å². The summed E-state index contributed by atoms with van der Waals surface area (Å²) >= 11 is 0. The van der Waals surface area contributed by atoms with Gasteiger partial charge < -0.3 is 10.1 Å². The lowest BCUT2D eigenvalue weighted by Crippen LogP contribution is -2.32. The SMILES string of the molecule is CCC1CCCN1CCOc1cccc(CNC2CC2)c1. The molecule has 21 heavy (non-hydrogen) atoms. The van der Waals surface area contributed by atoms with Gasteiger partial charge in [-0.05, 0) is 56.3 Å². The van der Waals surface area contributed by atoms with Crippen molar-refractivity contribution in [1.29, 1.82) is 0 Å². The van der Waals surface area contributed by atoms with Crippen LogP contribution in [-0.2, 0) is 6.54 Å². The van der Waals surface area contributed by atoms with Gasteiger partial charge in [-0.15, -0.1) is 0 Å². The van der Waals surface area contributed by atoms with Crippen LogP contribution in [0, 0.1) is 0 Å². The number of likely N-dealkylation sites (tertiary alicyclic amines) is 1. The molecule has 116 valence electrons. The van der Waals surface area contributed by atoms with E-state index in [1.54, 1.807) is 0 Å². The highest BCUT2D eigenvalue weighted by Gasteiger charge is 2.22. The van der Waals surface area contributed by atoms with E-state index in [9.17, 15) is 0 Å².